The van der Waals surface area contributed by atoms with E-state index in [1.54, 1.807) is 11.3 Å². The lowest BCUT2D eigenvalue weighted by molar-refractivity contribution is 1.23. The average molecular weight is 655 g/mol. The number of benzene rings is 7. The van der Waals surface area contributed by atoms with Gasteiger partial charge < -0.3 is 4.40 Å². The molecular weight excluding hydrogens is 629 g/mol. The molecule has 0 bridgehead atoms. The molecule has 0 aliphatic carbocycles. The Balaban J connectivity index is 1.15. The second-order valence-corrected chi connectivity index (χ2v) is 13.8. The molecule has 0 aliphatic rings. The summed E-state index contributed by atoms with van der Waals surface area (Å²) >= 11 is 1.78. The summed E-state index contributed by atoms with van der Waals surface area (Å²) in [4.78, 5) is 15.6. The Bertz CT molecular complexity index is 3090. The summed E-state index contributed by atoms with van der Waals surface area (Å²) in [5.74, 6) is 0.713. The first kappa shape index (κ1) is 27.5. The van der Waals surface area contributed by atoms with Crippen molar-refractivity contribution in [3.8, 4) is 44.3 Å². The van der Waals surface area contributed by atoms with Crippen LogP contribution in [0.1, 0.15) is 0 Å². The minimum absolute atomic E-state index is 0.713. The van der Waals surface area contributed by atoms with E-state index in [0.29, 0.717) is 5.82 Å². The first-order valence-corrected chi connectivity index (χ1v) is 17.6. The lowest BCUT2D eigenvalue weighted by Crippen LogP contribution is -1.95. The summed E-state index contributed by atoms with van der Waals surface area (Å²) in [6, 6.07) is 55.7. The van der Waals surface area contributed by atoms with Crippen molar-refractivity contribution < 1.29 is 0 Å². The molecule has 5 heteroatoms. The molecule has 0 unspecified atom stereocenters. The van der Waals surface area contributed by atoms with Gasteiger partial charge in [0.05, 0.1) is 38.0 Å². The first-order chi connectivity index (χ1) is 24.8. The second kappa shape index (κ2) is 10.5. The fourth-order valence-electron chi connectivity index (χ4n) is 7.69. The third-order valence-electron chi connectivity index (χ3n) is 9.94. The largest absolute Gasteiger partial charge is 0.308 e. The second-order valence-electron chi connectivity index (χ2n) is 12.8. The van der Waals surface area contributed by atoms with Crippen LogP contribution in [0.4, 0.5) is 0 Å². The average Bonchev–Trinajstić information content (AvgIpc) is 3.87. The van der Waals surface area contributed by atoms with Gasteiger partial charge in [0.1, 0.15) is 5.01 Å². The predicted octanol–water partition coefficient (Wildman–Crippen LogP) is 12.1. The molecule has 4 aromatic heterocycles. The topological polar surface area (TPSA) is 43.1 Å². The lowest BCUT2D eigenvalue weighted by atomic mass is 9.99. The van der Waals surface area contributed by atoms with Crippen molar-refractivity contribution in [1.29, 1.82) is 0 Å². The van der Waals surface area contributed by atoms with Crippen LogP contribution in [0, 0.1) is 0 Å². The summed E-state index contributed by atoms with van der Waals surface area (Å²) in [6.07, 6.45) is 0. The Kier molecular flexibility index (Phi) is 5.80. The monoisotopic (exact) mass is 654 g/mol. The van der Waals surface area contributed by atoms with Crippen LogP contribution < -0.4 is 0 Å². The van der Waals surface area contributed by atoms with Gasteiger partial charge in [-0.25, -0.2) is 15.0 Å². The van der Waals surface area contributed by atoms with E-state index in [2.05, 4.69) is 156 Å². The minimum Gasteiger partial charge on any atom is -0.308 e. The van der Waals surface area contributed by atoms with E-state index in [1.165, 1.54) is 48.4 Å². The van der Waals surface area contributed by atoms with Crippen molar-refractivity contribution in [3.63, 3.8) is 0 Å². The quantitative estimate of drug-likeness (QED) is 0.190. The number of rotatable bonds is 4. The van der Waals surface area contributed by atoms with Gasteiger partial charge in [0.15, 0.2) is 5.82 Å². The van der Waals surface area contributed by atoms with E-state index in [4.69, 9.17) is 15.0 Å². The standard InChI is InChI=1S/C45H26N4S/c1-3-12-27(13-4-1)29-16-11-17-30(24-29)41-32-18-7-9-20-36(32)46-44(48-41)31-22-23-39-34(25-31)35-26-37-43(50-45(47-37)28-14-5-2-6-15-28)40-33-19-8-10-21-38(33)49(39)42(35)40/h1-26H. The highest BCUT2D eigenvalue weighted by Gasteiger charge is 2.23. The molecule has 11 aromatic rings. The van der Waals surface area contributed by atoms with Gasteiger partial charge in [-0.05, 0) is 53.6 Å². The van der Waals surface area contributed by atoms with Crippen LogP contribution in [0.3, 0.4) is 0 Å². The van der Waals surface area contributed by atoms with Gasteiger partial charge in [-0.15, -0.1) is 11.3 Å². The lowest BCUT2D eigenvalue weighted by Gasteiger charge is -2.11. The summed E-state index contributed by atoms with van der Waals surface area (Å²) in [5.41, 5.74) is 12.1. The van der Waals surface area contributed by atoms with Crippen LogP contribution in [-0.4, -0.2) is 19.4 Å². The predicted molar refractivity (Wildman–Crippen MR) is 209 cm³/mol. The van der Waals surface area contributed by atoms with Gasteiger partial charge in [-0.2, -0.15) is 0 Å². The van der Waals surface area contributed by atoms with Crippen molar-refractivity contribution in [2.45, 2.75) is 0 Å². The van der Waals surface area contributed by atoms with Crippen LogP contribution in [0.15, 0.2) is 158 Å². The molecule has 11 rings (SSSR count). The zero-order valence-electron chi connectivity index (χ0n) is 26.7. The SMILES string of the molecule is c1ccc(-c2cccc(-c3nc(-c4ccc5c(c4)c4cc6nc(-c7ccccc7)sc6c6c7ccccc7n5c46)nc4ccccc34)c2)cc1. The van der Waals surface area contributed by atoms with Crippen LogP contribution in [0.25, 0.3) is 104 Å². The molecule has 0 fully saturated rings. The zero-order chi connectivity index (χ0) is 32.8. The molecule has 4 nitrogen and oxygen atoms in total. The maximum atomic E-state index is 5.30. The number of hydrogen-bond donors (Lipinski definition) is 0. The summed E-state index contributed by atoms with van der Waals surface area (Å²) < 4.78 is 3.66. The molecule has 0 aliphatic heterocycles. The van der Waals surface area contributed by atoms with Crippen molar-refractivity contribution >= 4 is 70.6 Å². The van der Waals surface area contributed by atoms with E-state index in [-0.39, 0.29) is 0 Å². The first-order valence-electron chi connectivity index (χ1n) is 16.8. The highest BCUT2D eigenvalue weighted by Crippen LogP contribution is 2.46. The molecule has 50 heavy (non-hydrogen) atoms. The number of hydrogen-bond acceptors (Lipinski definition) is 4. The van der Waals surface area contributed by atoms with Gasteiger partial charge in [0, 0.05) is 43.6 Å². The molecule has 0 saturated carbocycles. The molecule has 0 radical (unpaired) electrons. The number of nitrogens with zero attached hydrogens (tertiary/aromatic N) is 4. The number of para-hydroxylation sites is 2. The van der Waals surface area contributed by atoms with Crippen LogP contribution in [0.2, 0.25) is 0 Å². The Labute approximate surface area is 290 Å². The fraction of sp³-hybridized carbons (Fsp3) is 0. The maximum Gasteiger partial charge on any atom is 0.160 e. The van der Waals surface area contributed by atoms with Gasteiger partial charge in [0.2, 0.25) is 0 Å². The number of aromatic nitrogens is 4. The minimum atomic E-state index is 0.713. The third kappa shape index (κ3) is 4.01. The van der Waals surface area contributed by atoms with Gasteiger partial charge in [0.25, 0.3) is 0 Å². The Hall–Kier alpha value is -6.43. The van der Waals surface area contributed by atoms with E-state index < -0.39 is 0 Å². The highest BCUT2D eigenvalue weighted by molar-refractivity contribution is 7.22. The van der Waals surface area contributed by atoms with Crippen molar-refractivity contribution in [2.75, 3.05) is 0 Å². The van der Waals surface area contributed by atoms with Crippen molar-refractivity contribution in [2.24, 2.45) is 0 Å². The van der Waals surface area contributed by atoms with Crippen molar-refractivity contribution in [1.82, 2.24) is 19.4 Å². The Morgan fingerprint density at radius 3 is 1.98 bits per heavy atom. The summed E-state index contributed by atoms with van der Waals surface area (Å²) in [7, 11) is 0. The van der Waals surface area contributed by atoms with Crippen molar-refractivity contribution in [3.05, 3.63) is 158 Å². The molecular formula is C45H26N4S. The van der Waals surface area contributed by atoms with Gasteiger partial charge in [-0.3, -0.25) is 0 Å². The molecule has 7 aromatic carbocycles. The molecule has 4 heterocycles. The van der Waals surface area contributed by atoms with E-state index in [1.807, 2.05) is 6.07 Å². The van der Waals surface area contributed by atoms with Crippen LogP contribution >= 0.6 is 11.3 Å². The fourth-order valence-corrected chi connectivity index (χ4v) is 8.80. The third-order valence-corrected chi connectivity index (χ3v) is 11.1. The van der Waals surface area contributed by atoms with Gasteiger partial charge in [-0.1, -0.05) is 115 Å². The molecule has 0 N–H and O–H groups in total. The van der Waals surface area contributed by atoms with E-state index >= 15 is 0 Å². The van der Waals surface area contributed by atoms with Crippen LogP contribution in [-0.2, 0) is 0 Å². The Morgan fingerprint density at radius 2 is 1.12 bits per heavy atom. The van der Waals surface area contributed by atoms with E-state index in [9.17, 15) is 0 Å². The Morgan fingerprint density at radius 1 is 0.420 bits per heavy atom. The molecule has 0 saturated heterocycles. The number of thiazole rings is 1. The number of fused-ring (bicyclic) bond motifs is 9. The highest BCUT2D eigenvalue weighted by atomic mass is 32.1. The summed E-state index contributed by atoms with van der Waals surface area (Å²) in [6.45, 7) is 0. The smallest absolute Gasteiger partial charge is 0.160 e. The molecule has 0 atom stereocenters. The van der Waals surface area contributed by atoms with Gasteiger partial charge >= 0.3 is 0 Å². The maximum absolute atomic E-state index is 5.30. The summed E-state index contributed by atoms with van der Waals surface area (Å²) in [5, 5.41) is 6.98. The zero-order valence-corrected chi connectivity index (χ0v) is 27.5. The van der Waals surface area contributed by atoms with E-state index in [0.717, 1.165) is 49.4 Å². The molecule has 0 spiro atoms. The van der Waals surface area contributed by atoms with Crippen LogP contribution in [0.5, 0.6) is 0 Å². The molecule has 232 valence electrons. The molecule has 0 amide bonds. The normalized spacial score (nSPS) is 12.0.